The highest BCUT2D eigenvalue weighted by Gasteiger charge is 2.47. The van der Waals surface area contributed by atoms with Crippen molar-refractivity contribution < 1.29 is 14.6 Å². The van der Waals surface area contributed by atoms with Crippen LogP contribution in [0, 0.1) is 0 Å². The number of carboxylic acid groups (broad SMARTS) is 1. The molecule has 2 aromatic rings. The van der Waals surface area contributed by atoms with Gasteiger partial charge in [0.05, 0.1) is 16.7 Å². The first-order chi connectivity index (χ1) is 7.74. The smallest absolute Gasteiger partial charge is 0.341 e. The van der Waals surface area contributed by atoms with Crippen molar-refractivity contribution in [2.45, 2.75) is 18.4 Å². The Kier molecular flexibility index (Phi) is 2.02. The number of hydrogen-bond donors (Lipinski definition) is 2. The highest BCUT2D eigenvalue weighted by atomic mass is 32.1. The molecule has 1 aliphatic heterocycles. The number of H-pyrrole nitrogens is 1. The van der Waals surface area contributed by atoms with Crippen LogP contribution in [0.2, 0.25) is 0 Å². The number of hydrogen-bond acceptors (Lipinski definition) is 4. The minimum atomic E-state index is -1.18. The fourth-order valence-corrected chi connectivity index (χ4v) is 3.25. The van der Waals surface area contributed by atoms with Crippen molar-refractivity contribution in [1.29, 1.82) is 0 Å². The summed E-state index contributed by atoms with van der Waals surface area (Å²) in [6, 6.07) is 0. The monoisotopic (exact) mass is 238 g/mol. The Morgan fingerprint density at radius 3 is 3.25 bits per heavy atom. The molecule has 0 aliphatic carbocycles. The molecular weight excluding hydrogens is 228 g/mol. The molecule has 0 aromatic carbocycles. The molecular formula is C10H10N2O3S. The first kappa shape index (κ1) is 9.80. The summed E-state index contributed by atoms with van der Waals surface area (Å²) < 4.78 is 5.48. The molecule has 16 heavy (non-hydrogen) atoms. The van der Waals surface area contributed by atoms with Crippen LogP contribution in [0.5, 0.6) is 0 Å². The Balaban J connectivity index is 2.21. The minimum absolute atomic E-state index is 0.496. The quantitative estimate of drug-likeness (QED) is 0.835. The van der Waals surface area contributed by atoms with Crippen molar-refractivity contribution in [3.63, 3.8) is 0 Å². The van der Waals surface area contributed by atoms with Gasteiger partial charge in [0.25, 0.3) is 0 Å². The number of aromatic nitrogens is 2. The van der Waals surface area contributed by atoms with E-state index in [9.17, 15) is 9.90 Å². The molecule has 6 heteroatoms. The Labute approximate surface area is 95.1 Å². The summed E-state index contributed by atoms with van der Waals surface area (Å²) in [4.78, 5) is 19.3. The van der Waals surface area contributed by atoms with Gasteiger partial charge in [0.15, 0.2) is 0 Å². The highest BCUT2D eigenvalue weighted by Crippen LogP contribution is 2.42. The van der Waals surface area contributed by atoms with Crippen LogP contribution in [0.4, 0.5) is 0 Å². The number of thiophene rings is 1. The first-order valence-corrected chi connectivity index (χ1v) is 5.90. The average molecular weight is 238 g/mol. The zero-order valence-electron chi connectivity index (χ0n) is 8.40. The number of rotatable bonds is 2. The molecule has 84 valence electrons. The SMILES string of the molecule is O=C(O)C1(c2scc3[nH]cnc23)CCCO1. The van der Waals surface area contributed by atoms with Crippen molar-refractivity contribution in [1.82, 2.24) is 9.97 Å². The number of nitrogens with zero attached hydrogens (tertiary/aromatic N) is 1. The minimum Gasteiger partial charge on any atom is -0.479 e. The molecule has 5 nitrogen and oxygen atoms in total. The zero-order valence-corrected chi connectivity index (χ0v) is 9.21. The van der Waals surface area contributed by atoms with Crippen LogP contribution in [-0.2, 0) is 15.1 Å². The van der Waals surface area contributed by atoms with Crippen molar-refractivity contribution in [2.75, 3.05) is 6.61 Å². The first-order valence-electron chi connectivity index (χ1n) is 5.02. The topological polar surface area (TPSA) is 75.2 Å². The lowest BCUT2D eigenvalue weighted by atomic mass is 9.98. The molecule has 1 unspecified atom stereocenters. The van der Waals surface area contributed by atoms with Crippen LogP contribution in [0.25, 0.3) is 11.0 Å². The standard InChI is InChI=1S/C10H10N2O3S/c13-9(14)10(2-1-3-15-10)8-7-6(4-16-8)11-5-12-7/h4-5H,1-3H2,(H,11,12)(H,13,14). The second-order valence-electron chi connectivity index (χ2n) is 3.81. The number of aromatic amines is 1. The van der Waals surface area contributed by atoms with Crippen LogP contribution >= 0.6 is 11.3 Å². The van der Waals surface area contributed by atoms with Gasteiger partial charge in [0, 0.05) is 12.0 Å². The van der Waals surface area contributed by atoms with Gasteiger partial charge in [-0.15, -0.1) is 11.3 Å². The maximum Gasteiger partial charge on any atom is 0.341 e. The second kappa shape index (κ2) is 3.29. The molecule has 1 aliphatic rings. The molecule has 1 saturated heterocycles. The van der Waals surface area contributed by atoms with E-state index in [0.29, 0.717) is 23.4 Å². The van der Waals surface area contributed by atoms with Gasteiger partial charge in [-0.25, -0.2) is 9.78 Å². The van der Waals surface area contributed by atoms with Crippen LogP contribution in [0.3, 0.4) is 0 Å². The third kappa shape index (κ3) is 1.14. The van der Waals surface area contributed by atoms with Crippen LogP contribution in [0.1, 0.15) is 17.7 Å². The number of aliphatic carboxylic acids is 1. The fourth-order valence-electron chi connectivity index (χ4n) is 2.12. The van der Waals surface area contributed by atoms with Crippen molar-refractivity contribution >= 4 is 28.3 Å². The summed E-state index contributed by atoms with van der Waals surface area (Å²) in [5.74, 6) is -0.920. The fraction of sp³-hybridized carbons (Fsp3) is 0.400. The van der Waals surface area contributed by atoms with Gasteiger partial charge in [-0.05, 0) is 12.8 Å². The van der Waals surface area contributed by atoms with E-state index >= 15 is 0 Å². The summed E-state index contributed by atoms with van der Waals surface area (Å²) in [7, 11) is 0. The molecule has 0 spiro atoms. The van der Waals surface area contributed by atoms with Crippen molar-refractivity contribution in [3.05, 3.63) is 16.6 Å². The normalized spacial score (nSPS) is 25.2. The van der Waals surface area contributed by atoms with Gasteiger partial charge >= 0.3 is 5.97 Å². The van der Waals surface area contributed by atoms with Crippen LogP contribution in [0.15, 0.2) is 11.7 Å². The van der Waals surface area contributed by atoms with Crippen molar-refractivity contribution in [3.8, 4) is 0 Å². The predicted octanol–water partition coefficient (Wildman–Crippen LogP) is 1.71. The summed E-state index contributed by atoms with van der Waals surface area (Å²) in [6.45, 7) is 0.496. The molecule has 1 fully saturated rings. The molecule has 2 aromatic heterocycles. The van der Waals surface area contributed by atoms with Gasteiger partial charge < -0.3 is 14.8 Å². The molecule has 3 heterocycles. The van der Waals surface area contributed by atoms with E-state index in [1.54, 1.807) is 6.33 Å². The highest BCUT2D eigenvalue weighted by molar-refractivity contribution is 7.11. The number of nitrogens with one attached hydrogen (secondary N) is 1. The molecule has 2 N–H and O–H groups in total. The molecule has 0 saturated carbocycles. The molecule has 0 bridgehead atoms. The predicted molar refractivity (Wildman–Crippen MR) is 58.5 cm³/mol. The third-order valence-corrected chi connectivity index (χ3v) is 4.02. The molecule has 3 rings (SSSR count). The number of carboxylic acids is 1. The van der Waals surface area contributed by atoms with Crippen LogP contribution in [-0.4, -0.2) is 27.7 Å². The lowest BCUT2D eigenvalue weighted by Crippen LogP contribution is -2.34. The van der Waals surface area contributed by atoms with E-state index in [0.717, 1.165) is 11.9 Å². The Morgan fingerprint density at radius 2 is 2.56 bits per heavy atom. The van der Waals surface area contributed by atoms with E-state index in [4.69, 9.17) is 4.74 Å². The Morgan fingerprint density at radius 1 is 1.69 bits per heavy atom. The maximum absolute atomic E-state index is 11.4. The van der Waals surface area contributed by atoms with E-state index in [2.05, 4.69) is 9.97 Å². The number of ether oxygens (including phenoxy) is 1. The van der Waals surface area contributed by atoms with Gasteiger partial charge in [-0.3, -0.25) is 0 Å². The molecule has 1 atom stereocenters. The molecule has 0 radical (unpaired) electrons. The largest absolute Gasteiger partial charge is 0.479 e. The summed E-state index contributed by atoms with van der Waals surface area (Å²) in [5.41, 5.74) is 0.409. The Hall–Kier alpha value is -1.40. The molecule has 0 amide bonds. The van der Waals surface area contributed by atoms with E-state index in [1.807, 2.05) is 5.38 Å². The van der Waals surface area contributed by atoms with Gasteiger partial charge in [-0.1, -0.05) is 0 Å². The lowest BCUT2D eigenvalue weighted by molar-refractivity contribution is -0.160. The summed E-state index contributed by atoms with van der Waals surface area (Å²) in [6.07, 6.45) is 2.87. The van der Waals surface area contributed by atoms with E-state index in [1.165, 1.54) is 11.3 Å². The van der Waals surface area contributed by atoms with Gasteiger partial charge in [0.2, 0.25) is 5.60 Å². The summed E-state index contributed by atoms with van der Waals surface area (Å²) in [5, 5.41) is 11.3. The maximum atomic E-state index is 11.4. The number of carbonyl (C=O) groups is 1. The zero-order chi connectivity index (χ0) is 11.2. The number of fused-ring (bicyclic) bond motifs is 1. The third-order valence-electron chi connectivity index (χ3n) is 2.91. The lowest BCUT2D eigenvalue weighted by Gasteiger charge is -2.21. The van der Waals surface area contributed by atoms with E-state index in [-0.39, 0.29) is 0 Å². The van der Waals surface area contributed by atoms with E-state index < -0.39 is 11.6 Å². The number of imidazole rings is 1. The summed E-state index contributed by atoms with van der Waals surface area (Å²) >= 11 is 1.39. The van der Waals surface area contributed by atoms with Crippen LogP contribution < -0.4 is 0 Å². The Bertz CT molecular complexity index is 539. The van der Waals surface area contributed by atoms with Crippen molar-refractivity contribution in [2.24, 2.45) is 0 Å². The van der Waals surface area contributed by atoms with Gasteiger partial charge in [0.1, 0.15) is 5.52 Å². The second-order valence-corrected chi connectivity index (χ2v) is 4.69. The van der Waals surface area contributed by atoms with Gasteiger partial charge in [-0.2, -0.15) is 0 Å². The average Bonchev–Trinajstić information content (AvgIpc) is 2.93.